The van der Waals surface area contributed by atoms with Crippen LogP contribution in [0.4, 0.5) is 11.6 Å². The summed E-state index contributed by atoms with van der Waals surface area (Å²) in [6.07, 6.45) is 2.34. The van der Waals surface area contributed by atoms with Crippen LogP contribution in [-0.2, 0) is 4.74 Å². The van der Waals surface area contributed by atoms with Gasteiger partial charge in [-0.05, 0) is 25.1 Å². The summed E-state index contributed by atoms with van der Waals surface area (Å²) in [5.74, 6) is 2.12. The lowest BCUT2D eigenvalue weighted by atomic mass is 9.83. The standard InChI is InChI=1S/C28H30Cl2N6O4/c1-5-23(37)34-19-11-40-10-18(19)33-22-7-16-15(9-32-22)6-17(35-27(16)36-13-28(2,12-31)14-36)24-25(29)20(38-3)8-21(39-4)26(24)30/h5-9,18-19,23,34,37H,1,10-11,13-14H2,2-4H3,(H,32,33)/t18-,19+,23?/m1/s1. The van der Waals surface area contributed by atoms with Crippen molar-refractivity contribution < 1.29 is 19.3 Å². The van der Waals surface area contributed by atoms with E-state index in [1.165, 1.54) is 20.3 Å². The van der Waals surface area contributed by atoms with Crippen LogP contribution in [0.15, 0.2) is 37.1 Å². The fourth-order valence-electron chi connectivity index (χ4n) is 5.04. The minimum atomic E-state index is -0.843. The van der Waals surface area contributed by atoms with Crippen molar-refractivity contribution in [3.05, 3.63) is 47.1 Å². The molecular formula is C28H30Cl2N6O4. The zero-order chi connectivity index (χ0) is 28.6. The van der Waals surface area contributed by atoms with Crippen LogP contribution in [0.5, 0.6) is 11.5 Å². The highest BCUT2D eigenvalue weighted by Crippen LogP contribution is 2.47. The van der Waals surface area contributed by atoms with Crippen molar-refractivity contribution in [2.45, 2.75) is 25.2 Å². The molecule has 5 rings (SSSR count). The number of anilines is 2. The largest absolute Gasteiger partial charge is 0.495 e. The predicted molar refractivity (Wildman–Crippen MR) is 155 cm³/mol. The highest BCUT2D eigenvalue weighted by Gasteiger charge is 2.40. The number of aromatic nitrogens is 2. The summed E-state index contributed by atoms with van der Waals surface area (Å²) >= 11 is 13.5. The number of benzene rings is 1. The van der Waals surface area contributed by atoms with Gasteiger partial charge in [0, 0.05) is 41.7 Å². The van der Waals surface area contributed by atoms with Gasteiger partial charge in [-0.15, -0.1) is 0 Å². The Morgan fingerprint density at radius 2 is 1.88 bits per heavy atom. The third kappa shape index (κ3) is 5.23. The molecule has 2 saturated heterocycles. The van der Waals surface area contributed by atoms with Gasteiger partial charge in [0.25, 0.3) is 0 Å². The van der Waals surface area contributed by atoms with E-state index in [9.17, 15) is 10.4 Å². The molecule has 0 aliphatic carbocycles. The van der Waals surface area contributed by atoms with Gasteiger partial charge in [-0.25, -0.2) is 9.97 Å². The van der Waals surface area contributed by atoms with Crippen molar-refractivity contribution in [1.82, 2.24) is 15.3 Å². The summed E-state index contributed by atoms with van der Waals surface area (Å²) in [7, 11) is 3.04. The molecule has 2 aromatic heterocycles. The maximum atomic E-state index is 9.96. The number of pyridine rings is 2. The number of methoxy groups -OCH3 is 2. The van der Waals surface area contributed by atoms with E-state index in [4.69, 9.17) is 42.4 Å². The highest BCUT2D eigenvalue weighted by atomic mass is 35.5. The summed E-state index contributed by atoms with van der Waals surface area (Å²) < 4.78 is 16.6. The smallest absolute Gasteiger partial charge is 0.141 e. The van der Waals surface area contributed by atoms with Gasteiger partial charge in [-0.2, -0.15) is 5.26 Å². The molecule has 0 amide bonds. The van der Waals surface area contributed by atoms with Crippen LogP contribution in [0.25, 0.3) is 22.0 Å². The molecule has 3 aromatic rings. The Hall–Kier alpha value is -3.33. The molecule has 12 heteroatoms. The average molecular weight is 585 g/mol. The predicted octanol–water partition coefficient (Wildman–Crippen LogP) is 4.24. The molecule has 1 aromatic carbocycles. The number of nitriles is 1. The number of hydrogen-bond acceptors (Lipinski definition) is 10. The number of halogens is 2. The average Bonchev–Trinajstić information content (AvgIpc) is 3.37. The summed E-state index contributed by atoms with van der Waals surface area (Å²) in [5, 5.41) is 28.4. The Bertz CT molecular complexity index is 1460. The molecule has 10 nitrogen and oxygen atoms in total. The second-order valence-electron chi connectivity index (χ2n) is 10.2. The van der Waals surface area contributed by atoms with E-state index in [0.29, 0.717) is 70.7 Å². The molecule has 2 aliphatic rings. The molecule has 0 bridgehead atoms. The van der Waals surface area contributed by atoms with Gasteiger partial charge in [0.1, 0.15) is 29.4 Å². The quantitative estimate of drug-likeness (QED) is 0.248. The number of fused-ring (bicyclic) bond motifs is 1. The van der Waals surface area contributed by atoms with Crippen LogP contribution in [0.3, 0.4) is 0 Å². The van der Waals surface area contributed by atoms with Crippen LogP contribution >= 0.6 is 23.2 Å². The molecule has 0 saturated carbocycles. The van der Waals surface area contributed by atoms with Crippen molar-refractivity contribution in [1.29, 1.82) is 5.26 Å². The first kappa shape index (κ1) is 28.2. The Morgan fingerprint density at radius 1 is 1.20 bits per heavy atom. The third-order valence-corrected chi connectivity index (χ3v) is 7.95. The number of aliphatic hydroxyl groups is 1. The van der Waals surface area contributed by atoms with Gasteiger partial charge in [-0.3, -0.25) is 5.32 Å². The number of ether oxygens (including phenoxy) is 3. The monoisotopic (exact) mass is 584 g/mol. The maximum Gasteiger partial charge on any atom is 0.141 e. The van der Waals surface area contributed by atoms with Gasteiger partial charge in [0.15, 0.2) is 0 Å². The highest BCUT2D eigenvalue weighted by molar-refractivity contribution is 6.41. The van der Waals surface area contributed by atoms with Crippen molar-refractivity contribution >= 4 is 45.6 Å². The van der Waals surface area contributed by atoms with E-state index in [2.05, 4.69) is 33.2 Å². The second-order valence-corrected chi connectivity index (χ2v) is 10.9. The fourth-order valence-corrected chi connectivity index (χ4v) is 5.74. The van der Waals surface area contributed by atoms with Crippen LogP contribution in [0.1, 0.15) is 6.92 Å². The second kappa shape index (κ2) is 11.3. The summed E-state index contributed by atoms with van der Waals surface area (Å²) in [6, 6.07) is 7.56. The van der Waals surface area contributed by atoms with Crippen molar-refractivity contribution in [3.63, 3.8) is 0 Å². The van der Waals surface area contributed by atoms with E-state index in [1.807, 2.05) is 19.1 Å². The molecule has 0 spiro atoms. The lowest BCUT2D eigenvalue weighted by molar-refractivity contribution is 0.149. The molecule has 0 radical (unpaired) electrons. The van der Waals surface area contributed by atoms with E-state index >= 15 is 0 Å². The van der Waals surface area contributed by atoms with Gasteiger partial charge in [0.2, 0.25) is 0 Å². The Labute approximate surface area is 242 Å². The zero-order valence-electron chi connectivity index (χ0n) is 22.4. The van der Waals surface area contributed by atoms with E-state index in [1.54, 1.807) is 12.3 Å². The molecular weight excluding hydrogens is 555 g/mol. The van der Waals surface area contributed by atoms with E-state index in [-0.39, 0.29) is 12.1 Å². The Kier molecular flexibility index (Phi) is 7.95. The Morgan fingerprint density at radius 3 is 2.50 bits per heavy atom. The number of hydrogen-bond donors (Lipinski definition) is 3. The van der Waals surface area contributed by atoms with Crippen LogP contribution < -0.4 is 25.0 Å². The normalized spacial score (nSPS) is 20.5. The molecule has 210 valence electrons. The number of nitrogens with one attached hydrogen (secondary N) is 2. The fraction of sp³-hybridized carbons (Fsp3) is 0.393. The van der Waals surface area contributed by atoms with Crippen molar-refractivity contribution in [3.8, 4) is 28.8 Å². The first-order valence-electron chi connectivity index (χ1n) is 12.7. The zero-order valence-corrected chi connectivity index (χ0v) is 23.9. The van der Waals surface area contributed by atoms with Gasteiger partial charge < -0.3 is 29.5 Å². The number of rotatable bonds is 9. The van der Waals surface area contributed by atoms with Crippen LogP contribution in [0.2, 0.25) is 10.0 Å². The molecule has 2 fully saturated rings. The first-order chi connectivity index (χ1) is 19.2. The first-order valence-corrected chi connectivity index (χ1v) is 13.4. The summed E-state index contributed by atoms with van der Waals surface area (Å²) in [5.41, 5.74) is 0.527. The maximum absolute atomic E-state index is 9.96. The molecule has 40 heavy (non-hydrogen) atoms. The van der Waals surface area contributed by atoms with E-state index < -0.39 is 11.6 Å². The SMILES string of the molecule is C=CC(O)N[C@H]1COC[C@H]1Nc1cc2c(N3CC(C)(C#N)C3)nc(-c3c(Cl)c(OC)cc(OC)c3Cl)cc2cn1. The molecule has 2 aliphatic heterocycles. The number of aliphatic hydroxyl groups excluding tert-OH is 1. The number of nitrogens with zero attached hydrogens (tertiary/aromatic N) is 4. The van der Waals surface area contributed by atoms with Crippen LogP contribution in [-0.4, -0.2) is 73.9 Å². The molecule has 1 unspecified atom stereocenters. The van der Waals surface area contributed by atoms with Gasteiger partial charge >= 0.3 is 0 Å². The van der Waals surface area contributed by atoms with Crippen LogP contribution in [0, 0.1) is 16.7 Å². The lowest BCUT2D eigenvalue weighted by Gasteiger charge is -2.44. The van der Waals surface area contributed by atoms with Crippen molar-refractivity contribution in [2.24, 2.45) is 5.41 Å². The molecule has 4 heterocycles. The van der Waals surface area contributed by atoms with E-state index in [0.717, 1.165) is 10.8 Å². The topological polar surface area (TPSA) is 125 Å². The summed E-state index contributed by atoms with van der Waals surface area (Å²) in [4.78, 5) is 11.7. The van der Waals surface area contributed by atoms with Gasteiger partial charge in [-0.1, -0.05) is 29.8 Å². The minimum Gasteiger partial charge on any atom is -0.495 e. The Balaban J connectivity index is 1.58. The third-order valence-electron chi connectivity index (χ3n) is 7.20. The lowest BCUT2D eigenvalue weighted by Crippen LogP contribution is -2.54. The van der Waals surface area contributed by atoms with Gasteiger partial charge in [0.05, 0.1) is 66.7 Å². The molecule has 3 atom stereocenters. The minimum absolute atomic E-state index is 0.122. The molecule has 3 N–H and O–H groups in total. The summed E-state index contributed by atoms with van der Waals surface area (Å²) in [6.45, 7) is 7.47. The van der Waals surface area contributed by atoms with Crippen molar-refractivity contribution in [2.75, 3.05) is 50.7 Å².